The third-order valence-corrected chi connectivity index (χ3v) is 7.67. The Morgan fingerprint density at radius 2 is 1.15 bits per heavy atom. The van der Waals surface area contributed by atoms with Crippen LogP contribution in [0.2, 0.25) is 0 Å². The van der Waals surface area contributed by atoms with Gasteiger partial charge in [-0.15, -0.1) is 0 Å². The van der Waals surface area contributed by atoms with E-state index in [2.05, 4.69) is 6.58 Å². The first-order chi connectivity index (χ1) is 23.5. The van der Waals surface area contributed by atoms with Crippen LogP contribution in [0.4, 0.5) is 0 Å². The predicted molar refractivity (Wildman–Crippen MR) is 182 cm³/mol. The first-order valence-corrected chi connectivity index (χ1v) is 15.4. The highest BCUT2D eigenvalue weighted by atomic mass is 16.7. The zero-order valence-corrected chi connectivity index (χ0v) is 26.0. The third kappa shape index (κ3) is 7.89. The van der Waals surface area contributed by atoms with Crippen LogP contribution in [0, 0.1) is 0 Å². The highest BCUT2D eigenvalue weighted by Crippen LogP contribution is 2.26. The van der Waals surface area contributed by atoms with Gasteiger partial charge < -0.3 is 27.8 Å². The van der Waals surface area contributed by atoms with E-state index in [1.54, 1.807) is 24.3 Å². The minimum absolute atomic E-state index is 0.259. The first kappa shape index (κ1) is 32.0. The Bertz CT molecular complexity index is 2010. The van der Waals surface area contributed by atoms with Crippen LogP contribution < -0.4 is 20.7 Å². The van der Waals surface area contributed by atoms with Crippen LogP contribution in [0.5, 0.6) is 11.5 Å². The second kappa shape index (κ2) is 15.1. The molecular weight excluding hydrogens is 612 g/mol. The van der Waals surface area contributed by atoms with E-state index in [0.717, 1.165) is 28.0 Å². The molecule has 2 aromatic heterocycles. The molecule has 48 heavy (non-hydrogen) atoms. The molecule has 9 heteroatoms. The number of ether oxygens (including phenoxy) is 4. The van der Waals surface area contributed by atoms with Gasteiger partial charge in [-0.1, -0.05) is 67.2 Å². The third-order valence-electron chi connectivity index (χ3n) is 7.67. The molecule has 0 amide bonds. The molecule has 0 unspecified atom stereocenters. The monoisotopic (exact) mass is 644 g/mol. The van der Waals surface area contributed by atoms with Gasteiger partial charge in [0.25, 0.3) is 0 Å². The topological polar surface area (TPSA) is 114 Å². The van der Waals surface area contributed by atoms with E-state index in [0.29, 0.717) is 46.6 Å². The quantitative estimate of drug-likeness (QED) is 0.0513. The zero-order valence-electron chi connectivity index (χ0n) is 26.0. The molecule has 0 aliphatic heterocycles. The molecule has 242 valence electrons. The maximum atomic E-state index is 12.7. The van der Waals surface area contributed by atoms with E-state index in [1.807, 2.05) is 84.9 Å². The number of carbonyl (C=O) groups is 1. The molecule has 0 atom stereocenters. The van der Waals surface area contributed by atoms with Gasteiger partial charge >= 0.3 is 17.2 Å². The Morgan fingerprint density at radius 3 is 1.60 bits per heavy atom. The molecule has 4 aromatic carbocycles. The van der Waals surface area contributed by atoms with Gasteiger partial charge in [0.2, 0.25) is 0 Å². The maximum Gasteiger partial charge on any atom is 0.344 e. The molecule has 0 fully saturated rings. The second-order valence-corrected chi connectivity index (χ2v) is 10.9. The molecule has 6 aromatic rings. The maximum absolute atomic E-state index is 12.7. The predicted octanol–water partition coefficient (Wildman–Crippen LogP) is 7.54. The second-order valence-electron chi connectivity index (χ2n) is 10.9. The number of carbonyl (C=O) groups excluding carboxylic acids is 1. The smallest absolute Gasteiger partial charge is 0.344 e. The van der Waals surface area contributed by atoms with Crippen molar-refractivity contribution in [2.45, 2.75) is 18.9 Å². The molecule has 0 bridgehead atoms. The van der Waals surface area contributed by atoms with E-state index in [4.69, 9.17) is 27.8 Å². The van der Waals surface area contributed by atoms with Crippen molar-refractivity contribution in [1.29, 1.82) is 0 Å². The van der Waals surface area contributed by atoms with Crippen molar-refractivity contribution >= 4 is 27.9 Å². The molecular formula is C39H32O9. The number of rotatable bonds is 14. The fraction of sp³-hybridized carbons (Fsp3) is 0.154. The van der Waals surface area contributed by atoms with E-state index in [-0.39, 0.29) is 26.1 Å². The van der Waals surface area contributed by atoms with Crippen molar-refractivity contribution in [3.05, 3.63) is 143 Å². The van der Waals surface area contributed by atoms with Gasteiger partial charge in [0.1, 0.15) is 22.7 Å². The average molecular weight is 645 g/mol. The Labute approximate surface area is 275 Å². The lowest BCUT2D eigenvalue weighted by molar-refractivity contribution is -0.156. The van der Waals surface area contributed by atoms with E-state index in [1.165, 1.54) is 0 Å². The van der Waals surface area contributed by atoms with Crippen LogP contribution in [-0.4, -0.2) is 32.1 Å². The van der Waals surface area contributed by atoms with Crippen molar-refractivity contribution in [2.75, 3.05) is 20.0 Å². The Balaban J connectivity index is 1.07. The molecule has 0 spiro atoms. The number of hydrogen-bond donors (Lipinski definition) is 0. The standard InChI is InChI=1S/C39H32O9/c1-2-37(40)46-25-45-30(17-19-43-31-15-13-28-21-33(26-9-5-3-6-10-26)38(41)47-35(28)23-31)18-20-44-32-16-14-29-22-34(27-11-7-4-8-12-27)39(42)48-36(29)24-32/h2-16,21-24,30H,1,17-20,25H2. The number of benzene rings is 4. The summed E-state index contributed by atoms with van der Waals surface area (Å²) < 4.78 is 33.9. The van der Waals surface area contributed by atoms with Gasteiger partial charge in [-0.05, 0) is 47.5 Å². The summed E-state index contributed by atoms with van der Waals surface area (Å²) in [4.78, 5) is 36.9. The van der Waals surface area contributed by atoms with E-state index >= 15 is 0 Å². The fourth-order valence-corrected chi connectivity index (χ4v) is 5.18. The van der Waals surface area contributed by atoms with Crippen LogP contribution in [-0.2, 0) is 14.3 Å². The van der Waals surface area contributed by atoms with Crippen molar-refractivity contribution in [1.82, 2.24) is 0 Å². The minimum Gasteiger partial charge on any atom is -0.493 e. The van der Waals surface area contributed by atoms with Crippen molar-refractivity contribution in [3.8, 4) is 33.8 Å². The summed E-state index contributed by atoms with van der Waals surface area (Å²) in [6.07, 6.45) is 1.56. The summed E-state index contributed by atoms with van der Waals surface area (Å²) in [6.45, 7) is 3.67. The molecule has 0 saturated carbocycles. The molecule has 6 rings (SSSR count). The molecule has 0 radical (unpaired) electrons. The lowest BCUT2D eigenvalue weighted by Crippen LogP contribution is -2.22. The zero-order chi connectivity index (χ0) is 33.3. The van der Waals surface area contributed by atoms with Gasteiger partial charge in [0, 0.05) is 41.8 Å². The largest absolute Gasteiger partial charge is 0.493 e. The lowest BCUT2D eigenvalue weighted by atomic mass is 10.1. The molecule has 0 saturated heterocycles. The molecule has 0 N–H and O–H groups in total. The summed E-state index contributed by atoms with van der Waals surface area (Å²) in [6, 6.07) is 33.0. The van der Waals surface area contributed by atoms with E-state index in [9.17, 15) is 14.4 Å². The molecule has 0 aliphatic carbocycles. The molecule has 2 heterocycles. The van der Waals surface area contributed by atoms with Gasteiger partial charge in [0.05, 0.1) is 30.4 Å². The number of hydrogen-bond acceptors (Lipinski definition) is 9. The summed E-state index contributed by atoms with van der Waals surface area (Å²) in [7, 11) is 0. The Kier molecular flexibility index (Phi) is 10.1. The summed E-state index contributed by atoms with van der Waals surface area (Å²) in [5, 5.41) is 1.54. The van der Waals surface area contributed by atoms with E-state index < -0.39 is 17.2 Å². The summed E-state index contributed by atoms with van der Waals surface area (Å²) >= 11 is 0. The van der Waals surface area contributed by atoms with Crippen molar-refractivity contribution < 1.29 is 32.6 Å². The first-order valence-electron chi connectivity index (χ1n) is 15.4. The van der Waals surface area contributed by atoms with Gasteiger partial charge in [-0.3, -0.25) is 0 Å². The lowest BCUT2D eigenvalue weighted by Gasteiger charge is -2.18. The molecule has 9 nitrogen and oxygen atoms in total. The van der Waals surface area contributed by atoms with Gasteiger partial charge in [0.15, 0.2) is 6.79 Å². The fourth-order valence-electron chi connectivity index (χ4n) is 5.18. The Hall–Kier alpha value is -5.93. The highest BCUT2D eigenvalue weighted by molar-refractivity contribution is 5.84. The minimum atomic E-state index is -0.595. The van der Waals surface area contributed by atoms with Crippen LogP contribution >= 0.6 is 0 Å². The van der Waals surface area contributed by atoms with Crippen LogP contribution in [0.15, 0.2) is 140 Å². The number of esters is 1. The number of fused-ring (bicyclic) bond motifs is 2. The SMILES string of the molecule is C=CC(=O)OCOC(CCOc1ccc2cc(-c3ccccc3)c(=O)oc2c1)CCOc1ccc2cc(-c3ccccc3)c(=O)oc2c1. The van der Waals surface area contributed by atoms with Gasteiger partial charge in [-0.2, -0.15) is 0 Å². The molecule has 0 aliphatic rings. The van der Waals surface area contributed by atoms with Crippen molar-refractivity contribution in [2.24, 2.45) is 0 Å². The summed E-state index contributed by atoms with van der Waals surface area (Å²) in [5.41, 5.74) is 2.51. The normalized spacial score (nSPS) is 11.1. The summed E-state index contributed by atoms with van der Waals surface area (Å²) in [5.74, 6) is 0.459. The van der Waals surface area contributed by atoms with Crippen molar-refractivity contribution in [3.63, 3.8) is 0 Å². The highest BCUT2D eigenvalue weighted by Gasteiger charge is 2.14. The average Bonchev–Trinajstić information content (AvgIpc) is 3.11. The van der Waals surface area contributed by atoms with Crippen LogP contribution in [0.1, 0.15) is 12.8 Å². The Morgan fingerprint density at radius 1 is 0.667 bits per heavy atom. The van der Waals surface area contributed by atoms with Gasteiger partial charge in [-0.25, -0.2) is 14.4 Å². The van der Waals surface area contributed by atoms with Crippen LogP contribution in [0.25, 0.3) is 44.2 Å². The van der Waals surface area contributed by atoms with Crippen LogP contribution in [0.3, 0.4) is 0 Å².